The van der Waals surface area contributed by atoms with E-state index in [9.17, 15) is 13.6 Å². The van der Waals surface area contributed by atoms with Gasteiger partial charge in [0, 0.05) is 19.1 Å². The van der Waals surface area contributed by atoms with Crippen molar-refractivity contribution in [3.8, 4) is 0 Å². The molecule has 0 spiro atoms. The summed E-state index contributed by atoms with van der Waals surface area (Å²) in [6.45, 7) is 3.25. The molecule has 0 aromatic heterocycles. The first-order valence-electron chi connectivity index (χ1n) is 8.75. The van der Waals surface area contributed by atoms with Crippen LogP contribution >= 0.6 is 0 Å². The number of hydrogen-bond donors (Lipinski definition) is 1. The summed E-state index contributed by atoms with van der Waals surface area (Å²) in [4.78, 5) is 14.2. The molecule has 1 atom stereocenters. The van der Waals surface area contributed by atoms with Crippen LogP contribution in [0, 0.1) is 11.6 Å². The van der Waals surface area contributed by atoms with Crippen molar-refractivity contribution in [2.24, 2.45) is 0 Å². The lowest BCUT2D eigenvalue weighted by Crippen LogP contribution is -2.41. The second-order valence-corrected chi connectivity index (χ2v) is 6.46. The van der Waals surface area contributed by atoms with E-state index in [0.717, 1.165) is 18.6 Å². The maximum absolute atomic E-state index is 13.3. The molecule has 26 heavy (non-hydrogen) atoms. The molecule has 3 rings (SSSR count). The third-order valence-electron chi connectivity index (χ3n) is 4.71. The van der Waals surface area contributed by atoms with E-state index >= 15 is 0 Å². The third kappa shape index (κ3) is 4.35. The molecule has 0 saturated carbocycles. The molecular weight excluding hydrogens is 334 g/mol. The lowest BCUT2D eigenvalue weighted by Gasteiger charge is -2.27. The summed E-state index contributed by atoms with van der Waals surface area (Å²) in [5.41, 5.74) is 3.07. The molecule has 136 valence electrons. The van der Waals surface area contributed by atoms with Gasteiger partial charge in [-0.3, -0.25) is 4.79 Å². The Labute approximate surface area is 152 Å². The largest absolute Gasteiger partial charge is 0.338 e. The van der Waals surface area contributed by atoms with Crippen molar-refractivity contribution in [3.05, 3.63) is 77.4 Å². The first-order chi connectivity index (χ1) is 12.5. The maximum atomic E-state index is 13.3. The van der Waals surface area contributed by atoms with Crippen LogP contribution in [0.25, 0.3) is 5.57 Å². The van der Waals surface area contributed by atoms with Crippen LogP contribution in [0.4, 0.5) is 8.78 Å². The highest BCUT2D eigenvalue weighted by molar-refractivity contribution is 5.80. The average molecular weight is 356 g/mol. The van der Waals surface area contributed by atoms with Crippen molar-refractivity contribution in [1.82, 2.24) is 10.2 Å². The van der Waals surface area contributed by atoms with Gasteiger partial charge < -0.3 is 10.2 Å². The number of benzene rings is 2. The van der Waals surface area contributed by atoms with E-state index in [1.165, 1.54) is 17.2 Å². The van der Waals surface area contributed by atoms with Crippen molar-refractivity contribution in [1.29, 1.82) is 0 Å². The summed E-state index contributed by atoms with van der Waals surface area (Å²) >= 11 is 0. The van der Waals surface area contributed by atoms with Crippen LogP contribution in [0.3, 0.4) is 0 Å². The van der Waals surface area contributed by atoms with Gasteiger partial charge in [0.05, 0.1) is 6.54 Å². The molecule has 0 saturated heterocycles. The molecule has 1 aliphatic heterocycles. The molecule has 0 radical (unpaired) electrons. The highest BCUT2D eigenvalue weighted by Gasteiger charge is 2.18. The number of nitrogens with one attached hydrogen (secondary N) is 1. The number of nitrogens with zero attached hydrogens (tertiary/aromatic N) is 1. The fourth-order valence-electron chi connectivity index (χ4n) is 3.06. The van der Waals surface area contributed by atoms with E-state index in [4.69, 9.17) is 0 Å². The van der Waals surface area contributed by atoms with Crippen LogP contribution in [0.15, 0.2) is 54.6 Å². The second kappa shape index (κ2) is 8.23. The van der Waals surface area contributed by atoms with Gasteiger partial charge in [-0.2, -0.15) is 0 Å². The van der Waals surface area contributed by atoms with Crippen LogP contribution in [0.5, 0.6) is 0 Å². The molecule has 1 amide bonds. The van der Waals surface area contributed by atoms with Crippen LogP contribution < -0.4 is 5.32 Å². The average Bonchev–Trinajstić information content (AvgIpc) is 2.68. The van der Waals surface area contributed by atoms with Crippen molar-refractivity contribution in [2.45, 2.75) is 19.4 Å². The van der Waals surface area contributed by atoms with Crippen molar-refractivity contribution < 1.29 is 13.6 Å². The number of carbonyl (C=O) groups excluding carboxylic acids is 1. The van der Waals surface area contributed by atoms with Gasteiger partial charge in [0.2, 0.25) is 5.91 Å². The summed E-state index contributed by atoms with van der Waals surface area (Å²) in [5, 5.41) is 3.08. The molecule has 3 nitrogen and oxygen atoms in total. The number of rotatable bonds is 5. The highest BCUT2D eigenvalue weighted by atomic mass is 19.2. The SMILES string of the molecule is C[C@@H](NCC(=O)N1CC=C(c2ccccc2)CC1)c1ccc(F)c(F)c1. The van der Waals surface area contributed by atoms with Crippen molar-refractivity contribution in [2.75, 3.05) is 19.6 Å². The third-order valence-corrected chi connectivity index (χ3v) is 4.71. The zero-order valence-corrected chi connectivity index (χ0v) is 14.7. The van der Waals surface area contributed by atoms with Crippen LogP contribution in [-0.2, 0) is 4.79 Å². The summed E-state index contributed by atoms with van der Waals surface area (Å²) in [6.07, 6.45) is 2.92. The smallest absolute Gasteiger partial charge is 0.236 e. The minimum Gasteiger partial charge on any atom is -0.338 e. The predicted octanol–water partition coefficient (Wildman–Crippen LogP) is 3.93. The van der Waals surface area contributed by atoms with E-state index < -0.39 is 11.6 Å². The van der Waals surface area contributed by atoms with Gasteiger partial charge in [-0.25, -0.2) is 8.78 Å². The van der Waals surface area contributed by atoms with E-state index in [1.54, 1.807) is 4.90 Å². The fourth-order valence-corrected chi connectivity index (χ4v) is 3.06. The molecule has 1 aliphatic rings. The van der Waals surface area contributed by atoms with Crippen LogP contribution in [0.2, 0.25) is 0 Å². The van der Waals surface area contributed by atoms with Crippen LogP contribution in [-0.4, -0.2) is 30.4 Å². The first-order valence-corrected chi connectivity index (χ1v) is 8.75. The number of amides is 1. The Balaban J connectivity index is 1.53. The Hall–Kier alpha value is -2.53. The van der Waals surface area contributed by atoms with Gasteiger partial charge in [0.1, 0.15) is 0 Å². The zero-order chi connectivity index (χ0) is 18.5. The lowest BCUT2D eigenvalue weighted by molar-refractivity contribution is -0.129. The van der Waals surface area contributed by atoms with Gasteiger partial charge in [-0.15, -0.1) is 0 Å². The molecule has 0 unspecified atom stereocenters. The maximum Gasteiger partial charge on any atom is 0.236 e. The lowest BCUT2D eigenvalue weighted by atomic mass is 9.99. The second-order valence-electron chi connectivity index (χ2n) is 6.46. The quantitative estimate of drug-likeness (QED) is 0.880. The standard InChI is InChI=1S/C21H22F2N2O/c1-15(18-7-8-19(22)20(23)13-18)24-14-21(26)25-11-9-17(10-12-25)16-5-3-2-4-6-16/h2-9,13,15,24H,10-12,14H2,1H3/t15-/m1/s1. The molecule has 0 aliphatic carbocycles. The number of hydrogen-bond acceptors (Lipinski definition) is 2. The van der Waals surface area contributed by atoms with Gasteiger partial charge >= 0.3 is 0 Å². The molecule has 2 aromatic carbocycles. The molecule has 1 N–H and O–H groups in total. The minimum absolute atomic E-state index is 0.00259. The van der Waals surface area contributed by atoms with Crippen LogP contribution in [0.1, 0.15) is 30.5 Å². The van der Waals surface area contributed by atoms with Gasteiger partial charge in [0.15, 0.2) is 11.6 Å². The topological polar surface area (TPSA) is 32.3 Å². The number of carbonyl (C=O) groups is 1. The van der Waals surface area contributed by atoms with Gasteiger partial charge in [-0.1, -0.05) is 42.5 Å². The Kier molecular flexibility index (Phi) is 5.78. The summed E-state index contributed by atoms with van der Waals surface area (Å²) in [7, 11) is 0. The molecule has 0 fully saturated rings. The zero-order valence-electron chi connectivity index (χ0n) is 14.7. The minimum atomic E-state index is -0.878. The summed E-state index contributed by atoms with van der Waals surface area (Å²) in [5.74, 6) is -1.74. The number of halogens is 2. The monoisotopic (exact) mass is 356 g/mol. The van der Waals surface area contributed by atoms with Gasteiger partial charge in [0.25, 0.3) is 0 Å². The fraction of sp³-hybridized carbons (Fsp3) is 0.286. The van der Waals surface area contributed by atoms with Gasteiger partial charge in [-0.05, 0) is 42.2 Å². The molecule has 1 heterocycles. The Morgan fingerprint density at radius 3 is 2.58 bits per heavy atom. The van der Waals surface area contributed by atoms with E-state index in [2.05, 4.69) is 23.5 Å². The molecule has 5 heteroatoms. The van der Waals surface area contributed by atoms with Crippen molar-refractivity contribution >= 4 is 11.5 Å². The predicted molar refractivity (Wildman–Crippen MR) is 98.4 cm³/mol. The Bertz CT molecular complexity index is 805. The molecule has 2 aromatic rings. The molecular formula is C21H22F2N2O. The summed E-state index contributed by atoms with van der Waals surface area (Å²) < 4.78 is 26.3. The van der Waals surface area contributed by atoms with E-state index in [-0.39, 0.29) is 18.5 Å². The summed E-state index contributed by atoms with van der Waals surface area (Å²) in [6, 6.07) is 13.7. The van der Waals surface area contributed by atoms with E-state index in [0.29, 0.717) is 18.7 Å². The Morgan fingerprint density at radius 1 is 1.15 bits per heavy atom. The Morgan fingerprint density at radius 2 is 1.92 bits per heavy atom. The van der Waals surface area contributed by atoms with E-state index in [1.807, 2.05) is 25.1 Å². The van der Waals surface area contributed by atoms with Crippen molar-refractivity contribution in [3.63, 3.8) is 0 Å². The first kappa shape index (κ1) is 18.3. The molecule has 0 bridgehead atoms. The normalized spacial score (nSPS) is 15.5. The highest BCUT2D eigenvalue weighted by Crippen LogP contribution is 2.22.